The van der Waals surface area contributed by atoms with Crippen LogP contribution in [0.1, 0.15) is 47.7 Å². The third-order valence-corrected chi connectivity index (χ3v) is 5.87. The molecule has 1 heteroatoms. The fraction of sp³-hybridized carbons (Fsp3) is 0.227. The van der Waals surface area contributed by atoms with Crippen molar-refractivity contribution >= 4 is 0 Å². The summed E-state index contributed by atoms with van der Waals surface area (Å²) in [5.41, 5.74) is 6.02. The summed E-state index contributed by atoms with van der Waals surface area (Å²) in [7, 11) is 0. The molecule has 3 aromatic rings. The van der Waals surface area contributed by atoms with E-state index in [1.54, 1.807) is 0 Å². The Bertz CT molecular complexity index is 834. The maximum Gasteiger partial charge on any atom is 0.192 e. The van der Waals surface area contributed by atoms with Gasteiger partial charge >= 0.3 is 0 Å². The number of pyridine rings is 1. The fourth-order valence-electron chi connectivity index (χ4n) is 4.89. The first kappa shape index (κ1) is 13.1. The molecule has 3 heterocycles. The van der Waals surface area contributed by atoms with Crippen molar-refractivity contribution in [1.82, 2.24) is 0 Å². The van der Waals surface area contributed by atoms with Crippen LogP contribution in [0.25, 0.3) is 0 Å². The molecule has 0 saturated carbocycles. The molecular formula is C22H20N+. The van der Waals surface area contributed by atoms with Crippen LogP contribution in [0.4, 0.5) is 0 Å². The van der Waals surface area contributed by atoms with Crippen LogP contribution in [-0.2, 0) is 5.41 Å². The van der Waals surface area contributed by atoms with E-state index in [-0.39, 0.29) is 5.41 Å². The van der Waals surface area contributed by atoms with Gasteiger partial charge in [0.05, 0.1) is 11.3 Å². The lowest BCUT2D eigenvalue weighted by molar-refractivity contribution is -0.736. The molecule has 2 bridgehead atoms. The highest BCUT2D eigenvalue weighted by molar-refractivity contribution is 5.48. The van der Waals surface area contributed by atoms with Gasteiger partial charge in [-0.25, -0.2) is 0 Å². The first-order valence-corrected chi connectivity index (χ1v) is 8.44. The van der Waals surface area contributed by atoms with Gasteiger partial charge in [-0.15, -0.1) is 0 Å². The molecular weight excluding hydrogens is 278 g/mol. The van der Waals surface area contributed by atoms with Crippen molar-refractivity contribution in [2.75, 3.05) is 0 Å². The molecule has 6 rings (SSSR count). The summed E-state index contributed by atoms with van der Waals surface area (Å²) in [4.78, 5) is 0. The number of fused-ring (bicyclic) bond motifs is 1. The third kappa shape index (κ3) is 1.65. The molecule has 112 valence electrons. The highest BCUT2D eigenvalue weighted by atomic mass is 15.1. The Hall–Kier alpha value is -2.41. The Kier molecular flexibility index (Phi) is 2.58. The van der Waals surface area contributed by atoms with Crippen LogP contribution in [-0.4, -0.2) is 0 Å². The minimum Gasteiger partial charge on any atom is -0.194 e. The molecule has 0 radical (unpaired) electrons. The Morgan fingerprint density at radius 1 is 0.870 bits per heavy atom. The molecule has 23 heavy (non-hydrogen) atoms. The molecule has 0 fully saturated rings. The Morgan fingerprint density at radius 2 is 1.61 bits per heavy atom. The second-order valence-electron chi connectivity index (χ2n) is 7.08. The lowest BCUT2D eigenvalue weighted by Gasteiger charge is -2.46. The van der Waals surface area contributed by atoms with Crippen LogP contribution in [0.15, 0.2) is 79.0 Å². The minimum atomic E-state index is 0.0904. The van der Waals surface area contributed by atoms with Crippen molar-refractivity contribution in [1.29, 1.82) is 0 Å². The van der Waals surface area contributed by atoms with Crippen molar-refractivity contribution in [2.24, 2.45) is 0 Å². The average Bonchev–Trinajstić information content (AvgIpc) is 2.63. The molecule has 3 unspecified atom stereocenters. The lowest BCUT2D eigenvalue weighted by Crippen LogP contribution is -2.60. The van der Waals surface area contributed by atoms with E-state index in [2.05, 4.69) is 90.5 Å². The Labute approximate surface area is 137 Å². The minimum absolute atomic E-state index is 0.0904. The van der Waals surface area contributed by atoms with Crippen molar-refractivity contribution in [3.63, 3.8) is 0 Å². The summed E-state index contributed by atoms with van der Waals surface area (Å²) in [6.07, 6.45) is 3.45. The van der Waals surface area contributed by atoms with E-state index in [0.29, 0.717) is 12.0 Å². The molecule has 0 amide bonds. The van der Waals surface area contributed by atoms with E-state index in [4.69, 9.17) is 0 Å². The number of benzene rings is 2. The van der Waals surface area contributed by atoms with Crippen LogP contribution in [0, 0.1) is 0 Å². The smallest absolute Gasteiger partial charge is 0.192 e. The quantitative estimate of drug-likeness (QED) is 0.587. The summed E-state index contributed by atoms with van der Waals surface area (Å²) in [5, 5.41) is 0. The topological polar surface area (TPSA) is 3.88 Å². The molecule has 2 aromatic carbocycles. The average molecular weight is 298 g/mol. The van der Waals surface area contributed by atoms with Gasteiger partial charge in [0, 0.05) is 17.7 Å². The normalized spacial score (nSPS) is 27.3. The second-order valence-corrected chi connectivity index (χ2v) is 7.08. The van der Waals surface area contributed by atoms with Gasteiger partial charge in [0.2, 0.25) is 0 Å². The van der Waals surface area contributed by atoms with Crippen molar-refractivity contribution in [2.45, 2.75) is 30.7 Å². The first-order valence-electron chi connectivity index (χ1n) is 8.44. The summed E-state index contributed by atoms with van der Waals surface area (Å²) >= 11 is 0. The first-order chi connectivity index (χ1) is 11.3. The van der Waals surface area contributed by atoms with Gasteiger partial charge in [-0.3, -0.25) is 0 Å². The maximum absolute atomic E-state index is 2.52. The van der Waals surface area contributed by atoms with Gasteiger partial charge in [0.15, 0.2) is 17.9 Å². The van der Waals surface area contributed by atoms with E-state index in [1.807, 2.05) is 0 Å². The molecule has 2 aliphatic heterocycles. The monoisotopic (exact) mass is 298 g/mol. The standard InChI is InChI=1S/C22H20N/c1-22-15-18(16-9-3-2-4-10-16)21(17-11-5-6-12-19(17)22)23-14-8-7-13-20(22)23/h2-14,18,21H,15H2,1H3/q+1. The molecule has 3 aliphatic rings. The Morgan fingerprint density at radius 3 is 2.48 bits per heavy atom. The SMILES string of the molecule is CC12CC(c3ccccc3)C(c3ccccc31)[n+]1ccccc12. The fourth-order valence-corrected chi connectivity index (χ4v) is 4.89. The van der Waals surface area contributed by atoms with E-state index >= 15 is 0 Å². The summed E-state index contributed by atoms with van der Waals surface area (Å²) in [5.74, 6) is 0.538. The van der Waals surface area contributed by atoms with Crippen molar-refractivity contribution in [3.05, 3.63) is 101 Å². The summed E-state index contributed by atoms with van der Waals surface area (Å²) in [6, 6.07) is 27.1. The molecule has 0 saturated heterocycles. The van der Waals surface area contributed by atoms with Gasteiger partial charge in [-0.2, -0.15) is 4.57 Å². The number of hydrogen-bond acceptors (Lipinski definition) is 0. The predicted octanol–water partition coefficient (Wildman–Crippen LogP) is 4.37. The largest absolute Gasteiger partial charge is 0.194 e. The third-order valence-electron chi connectivity index (χ3n) is 5.87. The molecule has 1 aliphatic carbocycles. The summed E-state index contributed by atoms with van der Waals surface area (Å²) in [6.45, 7) is 2.42. The molecule has 1 aromatic heterocycles. The number of rotatable bonds is 1. The molecule has 0 N–H and O–H groups in total. The van der Waals surface area contributed by atoms with E-state index < -0.39 is 0 Å². The number of hydrogen-bond donors (Lipinski definition) is 0. The number of nitrogens with zero attached hydrogens (tertiary/aromatic N) is 1. The van der Waals surface area contributed by atoms with Crippen LogP contribution >= 0.6 is 0 Å². The zero-order chi connectivity index (χ0) is 15.4. The lowest BCUT2D eigenvalue weighted by atomic mass is 9.59. The highest BCUT2D eigenvalue weighted by Crippen LogP contribution is 2.54. The zero-order valence-electron chi connectivity index (χ0n) is 13.3. The molecule has 1 nitrogen and oxygen atoms in total. The van der Waals surface area contributed by atoms with Gasteiger partial charge in [0.25, 0.3) is 0 Å². The van der Waals surface area contributed by atoms with Crippen LogP contribution in [0.2, 0.25) is 0 Å². The van der Waals surface area contributed by atoms with Crippen molar-refractivity contribution < 1.29 is 4.57 Å². The zero-order valence-corrected chi connectivity index (χ0v) is 13.3. The van der Waals surface area contributed by atoms with Crippen molar-refractivity contribution in [3.8, 4) is 0 Å². The second kappa shape index (κ2) is 4.55. The number of aromatic nitrogens is 1. The Balaban J connectivity index is 1.81. The van der Waals surface area contributed by atoms with Crippen LogP contribution in [0.5, 0.6) is 0 Å². The predicted molar refractivity (Wildman–Crippen MR) is 91.5 cm³/mol. The van der Waals surface area contributed by atoms with Gasteiger partial charge in [-0.05, 0) is 24.5 Å². The molecule has 0 spiro atoms. The van der Waals surface area contributed by atoms with E-state index in [9.17, 15) is 0 Å². The van der Waals surface area contributed by atoms with Gasteiger partial charge in [-0.1, -0.05) is 60.7 Å². The van der Waals surface area contributed by atoms with Gasteiger partial charge < -0.3 is 0 Å². The van der Waals surface area contributed by atoms with Crippen LogP contribution < -0.4 is 4.57 Å². The van der Waals surface area contributed by atoms with Crippen LogP contribution in [0.3, 0.4) is 0 Å². The van der Waals surface area contributed by atoms with E-state index in [0.717, 1.165) is 0 Å². The molecule has 3 atom stereocenters. The highest BCUT2D eigenvalue weighted by Gasteiger charge is 2.56. The van der Waals surface area contributed by atoms with Gasteiger partial charge in [0.1, 0.15) is 0 Å². The summed E-state index contributed by atoms with van der Waals surface area (Å²) < 4.78 is 2.52. The maximum atomic E-state index is 2.52. The van der Waals surface area contributed by atoms with E-state index in [1.165, 1.54) is 28.8 Å².